The van der Waals surface area contributed by atoms with E-state index in [1.54, 1.807) is 24.3 Å². The van der Waals surface area contributed by atoms with Gasteiger partial charge in [-0.15, -0.1) is 0 Å². The lowest BCUT2D eigenvalue weighted by Gasteiger charge is -2.10. The van der Waals surface area contributed by atoms with E-state index in [2.05, 4.69) is 15.6 Å². The monoisotopic (exact) mass is 412 g/mol. The molecule has 0 bridgehead atoms. The van der Waals surface area contributed by atoms with Crippen LogP contribution in [0.2, 0.25) is 5.02 Å². The third-order valence-electron chi connectivity index (χ3n) is 4.58. The van der Waals surface area contributed by atoms with E-state index in [1.165, 1.54) is 0 Å². The van der Waals surface area contributed by atoms with Gasteiger partial charge >= 0.3 is 0 Å². The van der Waals surface area contributed by atoms with Crippen LogP contribution in [0, 0.1) is 0 Å². The molecule has 7 heteroatoms. The summed E-state index contributed by atoms with van der Waals surface area (Å²) < 4.78 is 1.96. The second-order valence-corrected chi connectivity index (χ2v) is 7.26. The first-order valence-electron chi connectivity index (χ1n) is 9.83. The van der Waals surface area contributed by atoms with E-state index >= 15 is 0 Å². The second-order valence-electron chi connectivity index (χ2n) is 6.82. The van der Waals surface area contributed by atoms with Crippen molar-refractivity contribution in [3.05, 3.63) is 64.9 Å². The molecule has 1 aromatic heterocycles. The summed E-state index contributed by atoms with van der Waals surface area (Å²) in [5.74, 6) is 0.694. The van der Waals surface area contributed by atoms with Crippen LogP contribution in [0.25, 0.3) is 11.0 Å². The maximum absolute atomic E-state index is 12.2. The molecule has 0 spiro atoms. The number of carbonyl (C=O) groups is 2. The molecule has 6 nitrogen and oxygen atoms in total. The zero-order valence-corrected chi connectivity index (χ0v) is 17.2. The van der Waals surface area contributed by atoms with E-state index < -0.39 is 0 Å². The number of fused-ring (bicyclic) bond motifs is 1. The normalized spacial score (nSPS) is 10.8. The third kappa shape index (κ3) is 5.57. The molecule has 0 aliphatic carbocycles. The summed E-state index contributed by atoms with van der Waals surface area (Å²) in [5, 5.41) is 6.43. The van der Waals surface area contributed by atoms with Crippen molar-refractivity contribution in [3.63, 3.8) is 0 Å². The van der Waals surface area contributed by atoms with Crippen LogP contribution < -0.4 is 10.6 Å². The van der Waals surface area contributed by atoms with Gasteiger partial charge in [-0.25, -0.2) is 4.98 Å². The van der Waals surface area contributed by atoms with Crippen molar-refractivity contribution in [2.45, 2.75) is 32.7 Å². The highest BCUT2D eigenvalue weighted by atomic mass is 35.5. The van der Waals surface area contributed by atoms with Crippen LogP contribution in [0.5, 0.6) is 0 Å². The number of benzene rings is 2. The number of rotatable bonds is 9. The largest absolute Gasteiger partial charge is 0.355 e. The Morgan fingerprint density at radius 3 is 2.55 bits per heavy atom. The van der Waals surface area contributed by atoms with E-state index in [0.29, 0.717) is 30.1 Å². The van der Waals surface area contributed by atoms with Crippen molar-refractivity contribution in [2.75, 3.05) is 13.1 Å². The Hall–Kier alpha value is -2.86. The number of nitrogens with zero attached hydrogens (tertiary/aromatic N) is 2. The molecular weight excluding hydrogens is 388 g/mol. The molecular formula is C22H25ClN4O2. The standard InChI is InChI=1S/C22H25ClN4O2/c1-2-13-24-21(28)15-27-19-7-4-3-6-18(19)26-20(27)8-5-14-25-22(29)16-9-11-17(23)12-10-16/h3-4,6-7,9-12H,2,5,8,13-15H2,1H3,(H,24,28)(H,25,29). The Balaban J connectivity index is 1.61. The number of imidazole rings is 1. The van der Waals surface area contributed by atoms with E-state index in [-0.39, 0.29) is 18.4 Å². The Morgan fingerprint density at radius 2 is 1.79 bits per heavy atom. The summed E-state index contributed by atoms with van der Waals surface area (Å²) >= 11 is 5.85. The molecule has 0 aliphatic rings. The van der Waals surface area contributed by atoms with Gasteiger partial charge in [0.1, 0.15) is 12.4 Å². The predicted octanol–water partition coefficient (Wildman–Crippen LogP) is 3.58. The molecule has 29 heavy (non-hydrogen) atoms. The average Bonchev–Trinajstić information content (AvgIpc) is 3.07. The van der Waals surface area contributed by atoms with E-state index in [9.17, 15) is 9.59 Å². The molecule has 152 valence electrons. The summed E-state index contributed by atoms with van der Waals surface area (Å²) in [6, 6.07) is 14.6. The number of nitrogens with one attached hydrogen (secondary N) is 2. The number of aryl methyl sites for hydroxylation is 1. The number of aromatic nitrogens is 2. The zero-order chi connectivity index (χ0) is 20.6. The van der Waals surface area contributed by atoms with Gasteiger partial charge < -0.3 is 15.2 Å². The average molecular weight is 413 g/mol. The second kappa shape index (κ2) is 10.1. The Labute approximate surface area is 175 Å². The summed E-state index contributed by atoms with van der Waals surface area (Å²) in [6.45, 7) is 3.45. The van der Waals surface area contributed by atoms with Gasteiger partial charge in [0.25, 0.3) is 5.91 Å². The smallest absolute Gasteiger partial charge is 0.251 e. The van der Waals surface area contributed by atoms with Crippen molar-refractivity contribution in [1.29, 1.82) is 0 Å². The molecule has 0 saturated carbocycles. The summed E-state index contributed by atoms with van der Waals surface area (Å²) in [5.41, 5.74) is 2.39. The maximum Gasteiger partial charge on any atom is 0.251 e. The van der Waals surface area contributed by atoms with E-state index in [4.69, 9.17) is 11.6 Å². The van der Waals surface area contributed by atoms with Crippen molar-refractivity contribution in [3.8, 4) is 0 Å². The van der Waals surface area contributed by atoms with Gasteiger partial charge in [0.15, 0.2) is 0 Å². The zero-order valence-electron chi connectivity index (χ0n) is 16.5. The first kappa shape index (κ1) is 20.9. The number of halogens is 1. The van der Waals surface area contributed by atoms with E-state index in [0.717, 1.165) is 29.7 Å². The highest BCUT2D eigenvalue weighted by Gasteiger charge is 2.13. The number of para-hydroxylation sites is 2. The molecule has 0 aliphatic heterocycles. The first-order chi connectivity index (χ1) is 14.1. The fraction of sp³-hybridized carbons (Fsp3) is 0.318. The molecule has 0 atom stereocenters. The van der Waals surface area contributed by atoms with Crippen molar-refractivity contribution in [2.24, 2.45) is 0 Å². The predicted molar refractivity (Wildman–Crippen MR) is 115 cm³/mol. The molecule has 0 unspecified atom stereocenters. The molecule has 0 saturated heterocycles. The van der Waals surface area contributed by atoms with Crippen molar-refractivity contribution < 1.29 is 9.59 Å². The van der Waals surface area contributed by atoms with Crippen molar-refractivity contribution >= 4 is 34.4 Å². The minimum atomic E-state index is -0.130. The SMILES string of the molecule is CCCNC(=O)Cn1c(CCCNC(=O)c2ccc(Cl)cc2)nc2ccccc21. The summed E-state index contributed by atoms with van der Waals surface area (Å²) in [4.78, 5) is 29.1. The number of carbonyl (C=O) groups excluding carboxylic acids is 2. The number of amides is 2. The van der Waals surface area contributed by atoms with Gasteiger partial charge in [-0.05, 0) is 49.2 Å². The van der Waals surface area contributed by atoms with Gasteiger partial charge in [-0.1, -0.05) is 30.7 Å². The quantitative estimate of drug-likeness (QED) is 0.527. The molecule has 2 aromatic carbocycles. The Bertz CT molecular complexity index is 982. The topological polar surface area (TPSA) is 76.0 Å². The van der Waals surface area contributed by atoms with Crippen LogP contribution in [-0.4, -0.2) is 34.5 Å². The minimum Gasteiger partial charge on any atom is -0.355 e. The lowest BCUT2D eigenvalue weighted by molar-refractivity contribution is -0.121. The van der Waals surface area contributed by atoms with Gasteiger partial charge in [-0.2, -0.15) is 0 Å². The van der Waals surface area contributed by atoms with Gasteiger partial charge in [0.05, 0.1) is 11.0 Å². The fourth-order valence-corrected chi connectivity index (χ4v) is 3.23. The van der Waals surface area contributed by atoms with Gasteiger partial charge in [0, 0.05) is 30.1 Å². The lowest BCUT2D eigenvalue weighted by atomic mass is 10.2. The lowest BCUT2D eigenvalue weighted by Crippen LogP contribution is -2.29. The molecule has 0 radical (unpaired) electrons. The number of hydrogen-bond donors (Lipinski definition) is 2. The Morgan fingerprint density at radius 1 is 1.03 bits per heavy atom. The molecule has 2 amide bonds. The maximum atomic E-state index is 12.2. The van der Waals surface area contributed by atoms with Crippen LogP contribution in [0.3, 0.4) is 0 Å². The number of hydrogen-bond acceptors (Lipinski definition) is 3. The summed E-state index contributed by atoms with van der Waals surface area (Å²) in [7, 11) is 0. The third-order valence-corrected chi connectivity index (χ3v) is 4.83. The molecule has 3 aromatic rings. The van der Waals surface area contributed by atoms with Gasteiger partial charge in [0.2, 0.25) is 5.91 Å². The molecule has 0 fully saturated rings. The van der Waals surface area contributed by atoms with Crippen molar-refractivity contribution in [1.82, 2.24) is 20.2 Å². The first-order valence-corrected chi connectivity index (χ1v) is 10.2. The summed E-state index contributed by atoms with van der Waals surface area (Å²) in [6.07, 6.45) is 2.28. The van der Waals surface area contributed by atoms with Crippen LogP contribution in [0.4, 0.5) is 0 Å². The highest BCUT2D eigenvalue weighted by molar-refractivity contribution is 6.30. The van der Waals surface area contributed by atoms with Crippen LogP contribution in [-0.2, 0) is 17.8 Å². The molecule has 1 heterocycles. The fourth-order valence-electron chi connectivity index (χ4n) is 3.11. The minimum absolute atomic E-state index is 0.0210. The van der Waals surface area contributed by atoms with Gasteiger partial charge in [-0.3, -0.25) is 9.59 Å². The van der Waals surface area contributed by atoms with Crippen LogP contribution >= 0.6 is 11.6 Å². The molecule has 2 N–H and O–H groups in total. The van der Waals surface area contributed by atoms with Crippen LogP contribution in [0.15, 0.2) is 48.5 Å². The Kier molecular flexibility index (Phi) is 7.25. The molecule has 3 rings (SSSR count). The van der Waals surface area contributed by atoms with E-state index in [1.807, 2.05) is 35.8 Å². The highest BCUT2D eigenvalue weighted by Crippen LogP contribution is 2.17. The van der Waals surface area contributed by atoms with Crippen LogP contribution in [0.1, 0.15) is 35.9 Å².